The van der Waals surface area contributed by atoms with E-state index >= 15 is 0 Å². The van der Waals surface area contributed by atoms with Crippen molar-refractivity contribution in [3.63, 3.8) is 0 Å². The Morgan fingerprint density at radius 1 is 1.19 bits per heavy atom. The van der Waals surface area contributed by atoms with Crippen LogP contribution in [0.15, 0.2) is 42.6 Å². The molecule has 2 aromatic rings. The number of benzene rings is 1. The number of rotatable bonds is 3. The van der Waals surface area contributed by atoms with E-state index in [0.717, 1.165) is 5.56 Å². The lowest BCUT2D eigenvalue weighted by Crippen LogP contribution is -2.03. The topological polar surface area (TPSA) is 63.1 Å². The van der Waals surface area contributed by atoms with Crippen LogP contribution in [0.25, 0.3) is 11.4 Å². The van der Waals surface area contributed by atoms with E-state index in [2.05, 4.69) is 9.97 Å². The monoisotopic (exact) mass is 214 g/mol. The van der Waals surface area contributed by atoms with E-state index in [1.807, 2.05) is 30.3 Å². The van der Waals surface area contributed by atoms with Crippen LogP contribution in [-0.2, 0) is 11.2 Å². The number of carbonyl (C=O) groups is 1. The molecule has 4 nitrogen and oxygen atoms in total. The summed E-state index contributed by atoms with van der Waals surface area (Å²) in [4.78, 5) is 18.9. The number of hydrogen-bond acceptors (Lipinski definition) is 3. The third-order valence-electron chi connectivity index (χ3n) is 2.08. The molecule has 0 fully saturated rings. The molecule has 0 unspecified atom stereocenters. The van der Waals surface area contributed by atoms with Crippen molar-refractivity contribution in [2.75, 3.05) is 0 Å². The lowest BCUT2D eigenvalue weighted by atomic mass is 10.2. The first kappa shape index (κ1) is 10.3. The van der Waals surface area contributed by atoms with Gasteiger partial charge in [0.1, 0.15) is 0 Å². The van der Waals surface area contributed by atoms with Crippen LogP contribution in [0, 0.1) is 0 Å². The zero-order chi connectivity index (χ0) is 11.4. The second kappa shape index (κ2) is 4.53. The highest BCUT2D eigenvalue weighted by Gasteiger charge is 2.05. The van der Waals surface area contributed by atoms with Gasteiger partial charge in [0, 0.05) is 11.8 Å². The van der Waals surface area contributed by atoms with E-state index < -0.39 is 5.97 Å². The van der Waals surface area contributed by atoms with Crippen molar-refractivity contribution >= 4 is 5.97 Å². The predicted octanol–water partition coefficient (Wildman–Crippen LogP) is 1.77. The Labute approximate surface area is 92.6 Å². The minimum absolute atomic E-state index is 0.0810. The van der Waals surface area contributed by atoms with E-state index in [9.17, 15) is 4.79 Å². The lowest BCUT2D eigenvalue weighted by molar-refractivity contribution is -0.136. The quantitative estimate of drug-likeness (QED) is 0.845. The molecule has 0 atom stereocenters. The maximum absolute atomic E-state index is 10.6. The smallest absolute Gasteiger partial charge is 0.309 e. The molecule has 4 heteroatoms. The third-order valence-corrected chi connectivity index (χ3v) is 2.08. The molecule has 0 saturated heterocycles. The summed E-state index contributed by atoms with van der Waals surface area (Å²) in [6, 6.07) is 11.1. The number of aromatic nitrogens is 2. The molecule has 1 N–H and O–H groups in total. The zero-order valence-corrected chi connectivity index (χ0v) is 8.50. The van der Waals surface area contributed by atoms with Crippen molar-refractivity contribution in [3.8, 4) is 11.4 Å². The maximum Gasteiger partial charge on any atom is 0.309 e. The third kappa shape index (κ3) is 2.42. The lowest BCUT2D eigenvalue weighted by Gasteiger charge is -2.01. The molecule has 16 heavy (non-hydrogen) atoms. The fraction of sp³-hybridized carbons (Fsp3) is 0.0833. The Kier molecular flexibility index (Phi) is 2.91. The van der Waals surface area contributed by atoms with E-state index in [1.165, 1.54) is 0 Å². The van der Waals surface area contributed by atoms with Gasteiger partial charge in [-0.15, -0.1) is 0 Å². The van der Waals surface area contributed by atoms with E-state index in [0.29, 0.717) is 11.5 Å². The Hall–Kier alpha value is -2.23. The molecule has 80 valence electrons. The predicted molar refractivity (Wildman–Crippen MR) is 58.8 cm³/mol. The highest BCUT2D eigenvalue weighted by atomic mass is 16.4. The molecule has 0 aliphatic heterocycles. The minimum atomic E-state index is -0.891. The van der Waals surface area contributed by atoms with Gasteiger partial charge in [0.2, 0.25) is 0 Å². The summed E-state index contributed by atoms with van der Waals surface area (Å²) in [6.07, 6.45) is 1.50. The van der Waals surface area contributed by atoms with Crippen LogP contribution in [0.5, 0.6) is 0 Å². The van der Waals surface area contributed by atoms with Crippen LogP contribution in [0.4, 0.5) is 0 Å². The van der Waals surface area contributed by atoms with Gasteiger partial charge in [-0.2, -0.15) is 0 Å². The molecule has 1 heterocycles. The van der Waals surface area contributed by atoms with Crippen molar-refractivity contribution in [1.29, 1.82) is 0 Å². The molecule has 1 aromatic carbocycles. The van der Waals surface area contributed by atoms with E-state index in [1.54, 1.807) is 12.3 Å². The Morgan fingerprint density at radius 2 is 1.94 bits per heavy atom. The van der Waals surface area contributed by atoms with Gasteiger partial charge in [0.25, 0.3) is 0 Å². The maximum atomic E-state index is 10.6. The second-order valence-electron chi connectivity index (χ2n) is 3.31. The van der Waals surface area contributed by atoms with Gasteiger partial charge < -0.3 is 5.11 Å². The van der Waals surface area contributed by atoms with Crippen LogP contribution in [0.3, 0.4) is 0 Å². The summed E-state index contributed by atoms with van der Waals surface area (Å²) in [7, 11) is 0. The molecule has 1 aromatic heterocycles. The standard InChI is InChI=1S/C12H10N2O2/c15-11(16)8-10-6-7-13-12(14-10)9-4-2-1-3-5-9/h1-7H,8H2,(H,15,16). The summed E-state index contributed by atoms with van der Waals surface area (Å²) in [6.45, 7) is 0. The summed E-state index contributed by atoms with van der Waals surface area (Å²) in [5, 5.41) is 8.67. The van der Waals surface area contributed by atoms with Crippen LogP contribution in [-0.4, -0.2) is 21.0 Å². The van der Waals surface area contributed by atoms with Gasteiger partial charge in [-0.1, -0.05) is 30.3 Å². The molecule has 2 rings (SSSR count). The van der Waals surface area contributed by atoms with Crippen LogP contribution in [0.2, 0.25) is 0 Å². The molecule has 0 aliphatic rings. The van der Waals surface area contributed by atoms with Gasteiger partial charge in [-0.25, -0.2) is 9.97 Å². The molecule has 0 saturated carbocycles. The van der Waals surface area contributed by atoms with E-state index in [-0.39, 0.29) is 6.42 Å². The number of aliphatic carboxylic acids is 1. The molecular formula is C12H10N2O2. The number of carboxylic acid groups (broad SMARTS) is 1. The summed E-state index contributed by atoms with van der Waals surface area (Å²) in [5.41, 5.74) is 1.40. The minimum Gasteiger partial charge on any atom is -0.481 e. The average molecular weight is 214 g/mol. The van der Waals surface area contributed by atoms with Gasteiger partial charge in [-0.3, -0.25) is 4.79 Å². The fourth-order valence-corrected chi connectivity index (χ4v) is 1.38. The largest absolute Gasteiger partial charge is 0.481 e. The summed E-state index contributed by atoms with van der Waals surface area (Å²) in [5.74, 6) is -0.336. The summed E-state index contributed by atoms with van der Waals surface area (Å²) < 4.78 is 0. The van der Waals surface area contributed by atoms with Crippen molar-refractivity contribution < 1.29 is 9.90 Å². The molecule has 0 bridgehead atoms. The molecule has 0 spiro atoms. The Balaban J connectivity index is 2.33. The number of hydrogen-bond donors (Lipinski definition) is 1. The SMILES string of the molecule is O=C(O)Cc1ccnc(-c2ccccc2)n1. The molecule has 0 amide bonds. The zero-order valence-electron chi connectivity index (χ0n) is 8.50. The Bertz CT molecular complexity index is 497. The normalized spacial score (nSPS) is 10.0. The van der Waals surface area contributed by atoms with Crippen LogP contribution in [0.1, 0.15) is 5.69 Å². The molecule has 0 radical (unpaired) electrons. The first-order valence-corrected chi connectivity index (χ1v) is 4.85. The van der Waals surface area contributed by atoms with Gasteiger partial charge in [0.15, 0.2) is 5.82 Å². The van der Waals surface area contributed by atoms with Crippen molar-refractivity contribution in [1.82, 2.24) is 9.97 Å². The highest BCUT2D eigenvalue weighted by molar-refractivity contribution is 5.69. The van der Waals surface area contributed by atoms with Crippen LogP contribution >= 0.6 is 0 Å². The van der Waals surface area contributed by atoms with Crippen LogP contribution < -0.4 is 0 Å². The van der Waals surface area contributed by atoms with Gasteiger partial charge in [-0.05, 0) is 6.07 Å². The highest BCUT2D eigenvalue weighted by Crippen LogP contribution is 2.13. The summed E-state index contributed by atoms with van der Waals surface area (Å²) >= 11 is 0. The van der Waals surface area contributed by atoms with Gasteiger partial charge >= 0.3 is 5.97 Å². The first-order chi connectivity index (χ1) is 7.75. The molecule has 0 aliphatic carbocycles. The number of nitrogens with zero attached hydrogens (tertiary/aromatic N) is 2. The molecular weight excluding hydrogens is 204 g/mol. The van der Waals surface area contributed by atoms with Crippen molar-refractivity contribution in [3.05, 3.63) is 48.3 Å². The van der Waals surface area contributed by atoms with E-state index in [4.69, 9.17) is 5.11 Å². The first-order valence-electron chi connectivity index (χ1n) is 4.85. The van der Waals surface area contributed by atoms with Gasteiger partial charge in [0.05, 0.1) is 12.1 Å². The second-order valence-corrected chi connectivity index (χ2v) is 3.31. The van der Waals surface area contributed by atoms with Crippen molar-refractivity contribution in [2.45, 2.75) is 6.42 Å². The number of carboxylic acids is 1. The van der Waals surface area contributed by atoms with Crippen molar-refractivity contribution in [2.24, 2.45) is 0 Å². The average Bonchev–Trinajstić information content (AvgIpc) is 2.30. The fourth-order valence-electron chi connectivity index (χ4n) is 1.38. The Morgan fingerprint density at radius 3 is 2.62 bits per heavy atom.